The summed E-state index contributed by atoms with van der Waals surface area (Å²) in [6, 6.07) is 15.6. The largest absolute Gasteiger partial charge is 0.457 e. The van der Waals surface area contributed by atoms with Crippen molar-refractivity contribution in [3.8, 4) is 11.3 Å². The number of carbonyl (C=O) groups is 3. The van der Waals surface area contributed by atoms with Crippen molar-refractivity contribution in [2.24, 2.45) is 0 Å². The highest BCUT2D eigenvalue weighted by atomic mass is 79.9. The van der Waals surface area contributed by atoms with Gasteiger partial charge in [0, 0.05) is 10.0 Å². The number of barbiturate groups is 1. The molecule has 6 nitrogen and oxygen atoms in total. The van der Waals surface area contributed by atoms with Gasteiger partial charge in [-0.15, -0.1) is 0 Å². The van der Waals surface area contributed by atoms with Crippen molar-refractivity contribution in [2.75, 3.05) is 4.90 Å². The van der Waals surface area contributed by atoms with Crippen LogP contribution in [0.3, 0.4) is 0 Å². The Morgan fingerprint density at radius 2 is 1.60 bits per heavy atom. The van der Waals surface area contributed by atoms with Crippen LogP contribution >= 0.6 is 15.9 Å². The van der Waals surface area contributed by atoms with E-state index in [-0.39, 0.29) is 5.57 Å². The lowest BCUT2D eigenvalue weighted by atomic mass is 10.1. The third-order valence-corrected chi connectivity index (χ3v) is 5.14. The molecule has 1 saturated heterocycles. The molecule has 1 N–H and O–H groups in total. The van der Waals surface area contributed by atoms with Gasteiger partial charge in [0.1, 0.15) is 17.1 Å². The quantitative estimate of drug-likeness (QED) is 0.437. The van der Waals surface area contributed by atoms with E-state index in [0.29, 0.717) is 17.2 Å². The molecule has 30 heavy (non-hydrogen) atoms. The Hall–Kier alpha value is -3.45. The summed E-state index contributed by atoms with van der Waals surface area (Å²) in [5.41, 5.74) is 2.89. The van der Waals surface area contributed by atoms with E-state index >= 15 is 0 Å². The van der Waals surface area contributed by atoms with Crippen LogP contribution in [0.15, 0.2) is 69.1 Å². The van der Waals surface area contributed by atoms with E-state index < -0.39 is 17.8 Å². The summed E-state index contributed by atoms with van der Waals surface area (Å²) in [5, 5.41) is 2.22. The van der Waals surface area contributed by atoms with E-state index in [4.69, 9.17) is 4.42 Å². The molecule has 1 aromatic heterocycles. The minimum Gasteiger partial charge on any atom is -0.457 e. The average molecular weight is 465 g/mol. The number of aryl methyl sites for hydroxylation is 2. The number of nitrogens with one attached hydrogen (secondary N) is 1. The molecular formula is C23H17BrN2O4. The van der Waals surface area contributed by atoms with E-state index in [1.165, 1.54) is 6.08 Å². The molecule has 0 unspecified atom stereocenters. The van der Waals surface area contributed by atoms with Gasteiger partial charge in [0.2, 0.25) is 0 Å². The number of urea groups is 1. The highest BCUT2D eigenvalue weighted by molar-refractivity contribution is 9.10. The molecule has 2 aromatic carbocycles. The van der Waals surface area contributed by atoms with E-state index in [1.807, 2.05) is 44.2 Å². The third kappa shape index (κ3) is 3.84. The number of imide groups is 2. The molecule has 0 atom stereocenters. The number of amides is 4. The van der Waals surface area contributed by atoms with Gasteiger partial charge in [0.25, 0.3) is 11.8 Å². The fourth-order valence-electron chi connectivity index (χ4n) is 3.31. The summed E-state index contributed by atoms with van der Waals surface area (Å²) < 4.78 is 6.73. The standard InChI is InChI=1S/C23H17BrN2O4/c1-13-9-14(2)11-17(10-13)26-22(28)19(21(27)25-23(26)29)12-18-7-8-20(30-18)15-3-5-16(24)6-4-15/h3-12H,1-2H3,(H,25,27,29)/b19-12-. The number of hydrogen-bond acceptors (Lipinski definition) is 4. The summed E-state index contributed by atoms with van der Waals surface area (Å²) in [6.45, 7) is 3.74. The molecule has 3 aromatic rings. The van der Waals surface area contributed by atoms with Crippen molar-refractivity contribution in [3.63, 3.8) is 0 Å². The fraction of sp³-hybridized carbons (Fsp3) is 0.0870. The maximum absolute atomic E-state index is 13.0. The SMILES string of the molecule is Cc1cc(C)cc(N2C(=O)NC(=O)/C(=C/c3ccc(-c4ccc(Br)cc4)o3)C2=O)c1. The predicted octanol–water partition coefficient (Wildman–Crippen LogP) is 4.99. The van der Waals surface area contributed by atoms with E-state index in [9.17, 15) is 14.4 Å². The third-order valence-electron chi connectivity index (χ3n) is 4.61. The molecule has 4 amide bonds. The fourth-order valence-corrected chi connectivity index (χ4v) is 3.58. The van der Waals surface area contributed by atoms with Gasteiger partial charge in [-0.1, -0.05) is 34.1 Å². The Labute approximate surface area is 181 Å². The number of carbonyl (C=O) groups excluding carboxylic acids is 3. The van der Waals surface area contributed by atoms with Gasteiger partial charge in [-0.05, 0) is 67.4 Å². The second kappa shape index (κ2) is 7.76. The Morgan fingerprint density at radius 3 is 2.27 bits per heavy atom. The zero-order valence-corrected chi connectivity index (χ0v) is 17.8. The molecule has 0 radical (unpaired) electrons. The number of furan rings is 1. The molecule has 1 fully saturated rings. The maximum Gasteiger partial charge on any atom is 0.335 e. The first-order valence-electron chi connectivity index (χ1n) is 9.17. The topological polar surface area (TPSA) is 79.6 Å². The van der Waals surface area contributed by atoms with Crippen LogP contribution < -0.4 is 10.2 Å². The van der Waals surface area contributed by atoms with Gasteiger partial charge in [0.05, 0.1) is 5.69 Å². The summed E-state index contributed by atoms with van der Waals surface area (Å²) in [5.74, 6) is -0.524. The highest BCUT2D eigenvalue weighted by Crippen LogP contribution is 2.27. The lowest BCUT2D eigenvalue weighted by Gasteiger charge is -2.26. The molecule has 1 aliphatic heterocycles. The van der Waals surface area contributed by atoms with Gasteiger partial charge in [0.15, 0.2) is 0 Å². The smallest absolute Gasteiger partial charge is 0.335 e. The lowest BCUT2D eigenvalue weighted by molar-refractivity contribution is -0.122. The molecule has 2 heterocycles. The van der Waals surface area contributed by atoms with Crippen LogP contribution in [0.5, 0.6) is 0 Å². The molecule has 0 saturated carbocycles. The molecule has 4 rings (SSSR count). The first-order chi connectivity index (χ1) is 14.3. The summed E-state index contributed by atoms with van der Waals surface area (Å²) >= 11 is 3.39. The molecule has 7 heteroatoms. The van der Waals surface area contributed by atoms with Crippen molar-refractivity contribution in [3.05, 3.63) is 81.5 Å². The number of halogens is 1. The Bertz CT molecular complexity index is 1190. The van der Waals surface area contributed by atoms with Gasteiger partial charge in [-0.3, -0.25) is 14.9 Å². The van der Waals surface area contributed by atoms with Crippen LogP contribution in [0.2, 0.25) is 0 Å². The number of benzene rings is 2. The van der Waals surface area contributed by atoms with E-state index in [2.05, 4.69) is 21.2 Å². The van der Waals surface area contributed by atoms with E-state index in [0.717, 1.165) is 26.1 Å². The van der Waals surface area contributed by atoms with Gasteiger partial charge >= 0.3 is 6.03 Å². The highest BCUT2D eigenvalue weighted by Gasteiger charge is 2.37. The predicted molar refractivity (Wildman–Crippen MR) is 117 cm³/mol. The molecular weight excluding hydrogens is 448 g/mol. The van der Waals surface area contributed by atoms with Crippen molar-refractivity contribution < 1.29 is 18.8 Å². The molecule has 0 bridgehead atoms. The van der Waals surface area contributed by atoms with Crippen LogP contribution in [0.25, 0.3) is 17.4 Å². The van der Waals surface area contributed by atoms with Crippen molar-refractivity contribution >= 4 is 45.5 Å². The maximum atomic E-state index is 13.0. The number of rotatable bonds is 3. The second-order valence-electron chi connectivity index (χ2n) is 7.01. The van der Waals surface area contributed by atoms with Gasteiger partial charge in [-0.25, -0.2) is 9.69 Å². The summed E-state index contributed by atoms with van der Waals surface area (Å²) in [4.78, 5) is 38.7. The van der Waals surface area contributed by atoms with Crippen LogP contribution in [-0.2, 0) is 9.59 Å². The lowest BCUT2D eigenvalue weighted by Crippen LogP contribution is -2.54. The van der Waals surface area contributed by atoms with Gasteiger partial charge in [-0.2, -0.15) is 0 Å². The van der Waals surface area contributed by atoms with Crippen LogP contribution in [0.4, 0.5) is 10.5 Å². The average Bonchev–Trinajstić information content (AvgIpc) is 3.13. The minimum atomic E-state index is -0.776. The molecule has 0 spiro atoms. The Kier molecular flexibility index (Phi) is 5.13. The molecule has 150 valence electrons. The van der Waals surface area contributed by atoms with Gasteiger partial charge < -0.3 is 4.42 Å². The zero-order valence-electron chi connectivity index (χ0n) is 16.2. The normalized spacial score (nSPS) is 15.6. The Balaban J connectivity index is 1.68. The van der Waals surface area contributed by atoms with Crippen LogP contribution in [-0.4, -0.2) is 17.8 Å². The number of nitrogens with zero attached hydrogens (tertiary/aromatic N) is 1. The van der Waals surface area contributed by atoms with E-state index in [1.54, 1.807) is 24.3 Å². The van der Waals surface area contributed by atoms with Crippen molar-refractivity contribution in [1.29, 1.82) is 0 Å². The van der Waals surface area contributed by atoms with Crippen molar-refractivity contribution in [1.82, 2.24) is 5.32 Å². The number of hydrogen-bond donors (Lipinski definition) is 1. The van der Waals surface area contributed by atoms with Crippen molar-refractivity contribution in [2.45, 2.75) is 13.8 Å². The zero-order chi connectivity index (χ0) is 21.4. The first kappa shape index (κ1) is 19.8. The molecule has 0 aliphatic carbocycles. The Morgan fingerprint density at radius 1 is 0.933 bits per heavy atom. The van der Waals surface area contributed by atoms with Crippen LogP contribution in [0.1, 0.15) is 16.9 Å². The summed E-state index contributed by atoms with van der Waals surface area (Å²) in [7, 11) is 0. The van der Waals surface area contributed by atoms with Crippen LogP contribution in [0, 0.1) is 13.8 Å². The minimum absolute atomic E-state index is 0.175. The number of anilines is 1. The second-order valence-corrected chi connectivity index (χ2v) is 7.93. The first-order valence-corrected chi connectivity index (χ1v) is 9.96. The monoisotopic (exact) mass is 464 g/mol. The molecule has 1 aliphatic rings. The summed E-state index contributed by atoms with van der Waals surface area (Å²) in [6.07, 6.45) is 1.35.